The van der Waals surface area contributed by atoms with Crippen LogP contribution in [-0.2, 0) is 6.54 Å². The Bertz CT molecular complexity index is 774. The third kappa shape index (κ3) is 2.58. The molecule has 0 saturated heterocycles. The minimum atomic E-state index is 0.242. The van der Waals surface area contributed by atoms with Gasteiger partial charge in [-0.25, -0.2) is 0 Å². The van der Waals surface area contributed by atoms with Crippen molar-refractivity contribution in [1.29, 1.82) is 0 Å². The number of nitrogens with zero attached hydrogens (tertiary/aromatic N) is 7. The lowest BCUT2D eigenvalue weighted by Crippen LogP contribution is -2.03. The highest BCUT2D eigenvalue weighted by atomic mass is 15.5. The number of hydrogen-bond donors (Lipinski definition) is 0. The van der Waals surface area contributed by atoms with Crippen molar-refractivity contribution in [3.63, 3.8) is 0 Å². The molecule has 1 aromatic heterocycles. The predicted molar refractivity (Wildman–Crippen MR) is 77.4 cm³/mol. The lowest BCUT2D eigenvalue weighted by atomic mass is 10.00. The van der Waals surface area contributed by atoms with Crippen molar-refractivity contribution in [2.24, 2.45) is 5.11 Å². The Morgan fingerprint density at radius 2 is 1.95 bits per heavy atom. The van der Waals surface area contributed by atoms with Crippen molar-refractivity contribution >= 4 is 0 Å². The second-order valence-corrected chi connectivity index (χ2v) is 4.32. The van der Waals surface area contributed by atoms with E-state index in [0.29, 0.717) is 0 Å². The molecular weight excluding hydrogens is 266 g/mol. The summed E-state index contributed by atoms with van der Waals surface area (Å²) in [6, 6.07) is 15.8. The summed E-state index contributed by atoms with van der Waals surface area (Å²) >= 11 is 0. The summed E-state index contributed by atoms with van der Waals surface area (Å²) in [5.74, 6) is 0. The maximum Gasteiger partial charge on any atom is 0.143 e. The van der Waals surface area contributed by atoms with Crippen LogP contribution in [0.3, 0.4) is 0 Å². The van der Waals surface area contributed by atoms with Gasteiger partial charge in [-0.15, -0.1) is 5.10 Å². The van der Waals surface area contributed by atoms with E-state index in [9.17, 15) is 0 Å². The van der Waals surface area contributed by atoms with Gasteiger partial charge in [0.15, 0.2) is 0 Å². The predicted octanol–water partition coefficient (Wildman–Crippen LogP) is 3.14. The summed E-state index contributed by atoms with van der Waals surface area (Å²) in [7, 11) is 0. The molecule has 0 spiro atoms. The SMILES string of the molecule is [N-]=[N+]=NCc1cccc(-c2ccccc2)c1-n1cnnn1. The topological polar surface area (TPSA) is 92.4 Å². The first-order chi connectivity index (χ1) is 10.4. The van der Waals surface area contributed by atoms with E-state index in [1.54, 1.807) is 4.68 Å². The molecule has 7 nitrogen and oxygen atoms in total. The van der Waals surface area contributed by atoms with Gasteiger partial charge in [-0.3, -0.25) is 0 Å². The Balaban J connectivity index is 2.22. The summed E-state index contributed by atoms with van der Waals surface area (Å²) in [4.78, 5) is 2.82. The quantitative estimate of drug-likeness (QED) is 0.416. The second kappa shape index (κ2) is 5.85. The summed E-state index contributed by atoms with van der Waals surface area (Å²) < 4.78 is 1.59. The lowest BCUT2D eigenvalue weighted by Gasteiger charge is -2.13. The Hall–Kier alpha value is -3.18. The Morgan fingerprint density at radius 1 is 1.10 bits per heavy atom. The van der Waals surface area contributed by atoms with Crippen LogP contribution in [0.2, 0.25) is 0 Å². The standard InChI is InChI=1S/C14H11N7/c15-18-16-9-12-7-4-8-13(11-5-2-1-3-6-11)14(12)21-10-17-19-20-21/h1-8,10H,9H2. The Labute approximate surface area is 120 Å². The zero-order valence-corrected chi connectivity index (χ0v) is 11.0. The number of aromatic nitrogens is 4. The Kier molecular flexibility index (Phi) is 3.58. The first-order valence-electron chi connectivity index (χ1n) is 6.31. The Morgan fingerprint density at radius 3 is 2.67 bits per heavy atom. The van der Waals surface area contributed by atoms with Crippen molar-refractivity contribution in [2.75, 3.05) is 0 Å². The number of tetrazole rings is 1. The van der Waals surface area contributed by atoms with Crippen LogP contribution in [0.25, 0.3) is 27.3 Å². The van der Waals surface area contributed by atoms with E-state index in [-0.39, 0.29) is 6.54 Å². The van der Waals surface area contributed by atoms with Crippen molar-refractivity contribution < 1.29 is 0 Å². The average molecular weight is 277 g/mol. The molecule has 21 heavy (non-hydrogen) atoms. The van der Waals surface area contributed by atoms with Crippen LogP contribution in [0.15, 0.2) is 60.0 Å². The van der Waals surface area contributed by atoms with Crippen LogP contribution in [0.4, 0.5) is 0 Å². The molecule has 0 radical (unpaired) electrons. The molecular formula is C14H11N7. The third-order valence-corrected chi connectivity index (χ3v) is 3.09. The van der Waals surface area contributed by atoms with Crippen LogP contribution in [0.5, 0.6) is 0 Å². The van der Waals surface area contributed by atoms with Crippen LogP contribution < -0.4 is 0 Å². The van der Waals surface area contributed by atoms with E-state index in [1.165, 1.54) is 6.33 Å². The maximum absolute atomic E-state index is 8.55. The molecule has 102 valence electrons. The van der Waals surface area contributed by atoms with Crippen LogP contribution >= 0.6 is 0 Å². The van der Waals surface area contributed by atoms with Crippen LogP contribution in [0, 0.1) is 0 Å². The highest BCUT2D eigenvalue weighted by Crippen LogP contribution is 2.29. The molecule has 0 aliphatic heterocycles. The molecule has 0 aliphatic carbocycles. The van der Waals surface area contributed by atoms with Gasteiger partial charge in [0.2, 0.25) is 0 Å². The molecule has 3 aromatic rings. The molecule has 7 heteroatoms. The normalized spacial score (nSPS) is 10.1. The van der Waals surface area contributed by atoms with Gasteiger partial charge >= 0.3 is 0 Å². The zero-order chi connectivity index (χ0) is 14.5. The largest absolute Gasteiger partial charge is 0.200 e. The van der Waals surface area contributed by atoms with Gasteiger partial charge in [0.25, 0.3) is 0 Å². The number of benzene rings is 2. The number of rotatable bonds is 4. The minimum Gasteiger partial charge on any atom is -0.200 e. The highest BCUT2D eigenvalue weighted by molar-refractivity contribution is 5.74. The fourth-order valence-electron chi connectivity index (χ4n) is 2.21. The van der Waals surface area contributed by atoms with E-state index in [0.717, 1.165) is 22.4 Å². The van der Waals surface area contributed by atoms with Gasteiger partial charge < -0.3 is 0 Å². The molecule has 0 unspecified atom stereocenters. The van der Waals surface area contributed by atoms with Crippen molar-refractivity contribution in [3.8, 4) is 16.8 Å². The van der Waals surface area contributed by atoms with Crippen molar-refractivity contribution in [2.45, 2.75) is 6.54 Å². The lowest BCUT2D eigenvalue weighted by molar-refractivity contribution is 0.781. The van der Waals surface area contributed by atoms with E-state index in [4.69, 9.17) is 5.53 Å². The zero-order valence-electron chi connectivity index (χ0n) is 11.0. The first kappa shape index (κ1) is 12.8. The van der Waals surface area contributed by atoms with Gasteiger partial charge in [0, 0.05) is 10.5 Å². The number of hydrogen-bond acceptors (Lipinski definition) is 4. The molecule has 0 amide bonds. The summed E-state index contributed by atoms with van der Waals surface area (Å²) in [5, 5.41) is 15.0. The minimum absolute atomic E-state index is 0.242. The molecule has 3 rings (SSSR count). The first-order valence-corrected chi connectivity index (χ1v) is 6.31. The monoisotopic (exact) mass is 277 g/mol. The molecule has 1 heterocycles. The van der Waals surface area contributed by atoms with E-state index in [2.05, 4.69) is 25.6 Å². The van der Waals surface area contributed by atoms with Crippen molar-refractivity contribution in [1.82, 2.24) is 20.2 Å². The fraction of sp³-hybridized carbons (Fsp3) is 0.0714. The van der Waals surface area contributed by atoms with Gasteiger partial charge in [0.05, 0.1) is 12.2 Å². The molecule has 0 atom stereocenters. The summed E-state index contributed by atoms with van der Waals surface area (Å²) in [5.41, 5.74) is 12.3. The molecule has 0 aliphatic rings. The molecule has 2 aromatic carbocycles. The molecule has 0 fully saturated rings. The number of azide groups is 1. The molecule has 0 bridgehead atoms. The van der Waals surface area contributed by atoms with Gasteiger partial charge in [-0.2, -0.15) is 4.68 Å². The number of para-hydroxylation sites is 1. The van der Waals surface area contributed by atoms with Crippen LogP contribution in [0.1, 0.15) is 5.56 Å². The summed E-state index contributed by atoms with van der Waals surface area (Å²) in [6.07, 6.45) is 1.53. The van der Waals surface area contributed by atoms with Crippen molar-refractivity contribution in [3.05, 3.63) is 70.9 Å². The van der Waals surface area contributed by atoms with Crippen LogP contribution in [-0.4, -0.2) is 20.2 Å². The van der Waals surface area contributed by atoms with Gasteiger partial charge in [-0.05, 0) is 27.1 Å². The van der Waals surface area contributed by atoms with E-state index < -0.39 is 0 Å². The molecule has 0 saturated carbocycles. The summed E-state index contributed by atoms with van der Waals surface area (Å²) in [6.45, 7) is 0.242. The smallest absolute Gasteiger partial charge is 0.143 e. The molecule has 0 N–H and O–H groups in total. The average Bonchev–Trinajstić information content (AvgIpc) is 3.07. The fourth-order valence-corrected chi connectivity index (χ4v) is 2.21. The third-order valence-electron chi connectivity index (χ3n) is 3.09. The van der Waals surface area contributed by atoms with E-state index in [1.807, 2.05) is 48.5 Å². The highest BCUT2D eigenvalue weighted by Gasteiger charge is 2.12. The van der Waals surface area contributed by atoms with Gasteiger partial charge in [-0.1, -0.05) is 53.6 Å². The van der Waals surface area contributed by atoms with E-state index >= 15 is 0 Å². The maximum atomic E-state index is 8.55. The van der Waals surface area contributed by atoms with Gasteiger partial charge in [0.1, 0.15) is 6.33 Å². The second-order valence-electron chi connectivity index (χ2n) is 4.32.